The lowest BCUT2D eigenvalue weighted by atomic mass is 10.0. The lowest BCUT2D eigenvalue weighted by molar-refractivity contribution is -0.124. The van der Waals surface area contributed by atoms with E-state index in [1.54, 1.807) is 0 Å². The highest BCUT2D eigenvalue weighted by Gasteiger charge is 2.26. The van der Waals surface area contributed by atoms with Gasteiger partial charge in [-0.25, -0.2) is 0 Å². The number of nitrogens with one attached hydrogen (secondary N) is 1. The molecule has 49 heavy (non-hydrogen) atoms. The van der Waals surface area contributed by atoms with Crippen LogP contribution in [0.3, 0.4) is 0 Å². The maximum absolute atomic E-state index is 12.4. The highest BCUT2D eigenvalue weighted by molar-refractivity contribution is 5.76. The van der Waals surface area contributed by atoms with Gasteiger partial charge in [-0.05, 0) is 38.5 Å². The molecule has 0 aliphatic heterocycles. The Morgan fingerprint density at radius 3 is 1.18 bits per heavy atom. The first-order valence-electron chi connectivity index (χ1n) is 22.0. The molecule has 0 fully saturated rings. The number of carbonyl (C=O) groups excluding carboxylic acids is 1. The Labute approximate surface area is 306 Å². The highest BCUT2D eigenvalue weighted by Crippen LogP contribution is 2.16. The molecule has 0 spiro atoms. The summed E-state index contributed by atoms with van der Waals surface area (Å²) in [5.41, 5.74) is 0. The number of carbonyl (C=O) groups is 1. The van der Waals surface area contributed by atoms with Gasteiger partial charge < -0.3 is 20.6 Å². The average molecular weight is 694 g/mol. The van der Waals surface area contributed by atoms with E-state index in [1.165, 1.54) is 173 Å². The van der Waals surface area contributed by atoms with Crippen molar-refractivity contribution in [2.24, 2.45) is 0 Å². The Hall–Kier alpha value is -0.910. The van der Waals surface area contributed by atoms with Crippen LogP contribution in [-0.4, -0.2) is 46.1 Å². The molecule has 0 bridgehead atoms. The van der Waals surface area contributed by atoms with E-state index in [1.807, 2.05) is 0 Å². The largest absolute Gasteiger partial charge is 0.394 e. The quantitative estimate of drug-likeness (QED) is 0.0380. The molecule has 5 nitrogen and oxygen atoms in total. The smallest absolute Gasteiger partial charge is 0.220 e. The molecule has 0 saturated heterocycles. The van der Waals surface area contributed by atoms with Crippen LogP contribution >= 0.6 is 0 Å². The Morgan fingerprint density at radius 2 is 0.816 bits per heavy atom. The number of hydrogen-bond donors (Lipinski definition) is 4. The van der Waals surface area contributed by atoms with Crippen LogP contribution in [0.15, 0.2) is 12.2 Å². The summed E-state index contributed by atoms with van der Waals surface area (Å²) < 4.78 is 0. The summed E-state index contributed by atoms with van der Waals surface area (Å²) in [6.45, 7) is 4.17. The number of amides is 1. The fourth-order valence-electron chi connectivity index (χ4n) is 6.93. The third-order valence-corrected chi connectivity index (χ3v) is 10.4. The predicted molar refractivity (Wildman–Crippen MR) is 213 cm³/mol. The van der Waals surface area contributed by atoms with Crippen LogP contribution < -0.4 is 5.32 Å². The number of hydrogen-bond acceptors (Lipinski definition) is 4. The van der Waals surface area contributed by atoms with E-state index in [9.17, 15) is 20.1 Å². The van der Waals surface area contributed by atoms with E-state index in [0.717, 1.165) is 38.5 Å². The van der Waals surface area contributed by atoms with Crippen molar-refractivity contribution in [3.8, 4) is 0 Å². The molecule has 1 amide bonds. The number of aliphatic hydroxyl groups is 3. The Balaban J connectivity index is 3.57. The van der Waals surface area contributed by atoms with Gasteiger partial charge in [-0.3, -0.25) is 4.79 Å². The van der Waals surface area contributed by atoms with Crippen LogP contribution in [-0.2, 0) is 4.79 Å². The first-order valence-corrected chi connectivity index (χ1v) is 22.0. The molecule has 0 heterocycles. The van der Waals surface area contributed by atoms with Crippen LogP contribution in [0.25, 0.3) is 0 Å². The second-order valence-corrected chi connectivity index (χ2v) is 15.3. The minimum absolute atomic E-state index is 0.151. The summed E-state index contributed by atoms with van der Waals surface area (Å²) >= 11 is 0. The molecule has 3 atom stereocenters. The van der Waals surface area contributed by atoms with Crippen molar-refractivity contribution in [3.63, 3.8) is 0 Å². The molecule has 0 radical (unpaired) electrons. The molecule has 4 N–H and O–H groups in total. The van der Waals surface area contributed by atoms with E-state index < -0.39 is 18.2 Å². The number of aliphatic hydroxyl groups excluding tert-OH is 3. The third kappa shape index (κ3) is 35.3. The maximum atomic E-state index is 12.4. The molecule has 292 valence electrons. The standard InChI is InChI=1S/C44H87NO4/c1-3-5-7-9-11-13-15-17-18-19-20-21-22-23-24-25-26-27-29-31-33-35-37-39-43(48)45-41(40-46)44(49)42(47)38-36-34-32-30-28-16-14-12-10-8-6-4-2/h30,32,41-42,44,46-47,49H,3-29,31,33-40H2,1-2H3,(H,45,48)/b32-30-/t41-,42+,44-/m0/s1. The monoisotopic (exact) mass is 694 g/mol. The molecule has 0 aliphatic rings. The highest BCUT2D eigenvalue weighted by atomic mass is 16.3. The van der Waals surface area contributed by atoms with Crippen LogP contribution in [0.1, 0.15) is 239 Å². The zero-order valence-corrected chi connectivity index (χ0v) is 33.1. The van der Waals surface area contributed by atoms with Gasteiger partial charge in [0.1, 0.15) is 6.10 Å². The van der Waals surface area contributed by atoms with Gasteiger partial charge in [0, 0.05) is 6.42 Å². The summed E-state index contributed by atoms with van der Waals surface area (Å²) in [6.07, 6.45) is 46.2. The molecule has 0 aromatic heterocycles. The van der Waals surface area contributed by atoms with Crippen molar-refractivity contribution in [2.75, 3.05) is 6.61 Å². The second kappa shape index (κ2) is 39.9. The molecule has 0 rings (SSSR count). The Morgan fingerprint density at radius 1 is 0.490 bits per heavy atom. The van der Waals surface area contributed by atoms with Crippen molar-refractivity contribution in [1.29, 1.82) is 0 Å². The number of unbranched alkanes of at least 4 members (excludes halogenated alkanes) is 30. The van der Waals surface area contributed by atoms with Crippen molar-refractivity contribution >= 4 is 5.91 Å². The van der Waals surface area contributed by atoms with E-state index in [0.29, 0.717) is 12.8 Å². The number of allylic oxidation sites excluding steroid dienone is 2. The normalized spacial score (nSPS) is 13.7. The summed E-state index contributed by atoms with van der Waals surface area (Å²) in [5, 5.41) is 33.4. The zero-order valence-electron chi connectivity index (χ0n) is 33.1. The van der Waals surface area contributed by atoms with Gasteiger partial charge in [0.25, 0.3) is 0 Å². The van der Waals surface area contributed by atoms with Crippen molar-refractivity contribution in [3.05, 3.63) is 12.2 Å². The van der Waals surface area contributed by atoms with Gasteiger partial charge in [0.2, 0.25) is 5.91 Å². The van der Waals surface area contributed by atoms with Gasteiger partial charge in [-0.15, -0.1) is 0 Å². The lowest BCUT2D eigenvalue weighted by Crippen LogP contribution is -2.50. The Kier molecular flexibility index (Phi) is 39.1. The second-order valence-electron chi connectivity index (χ2n) is 15.3. The first-order chi connectivity index (χ1) is 24.1. The molecule has 0 aliphatic carbocycles. The third-order valence-electron chi connectivity index (χ3n) is 10.4. The van der Waals surface area contributed by atoms with E-state index in [2.05, 4.69) is 31.3 Å². The van der Waals surface area contributed by atoms with Gasteiger partial charge in [0.05, 0.1) is 18.8 Å². The molecule has 0 unspecified atom stereocenters. The lowest BCUT2D eigenvalue weighted by Gasteiger charge is -2.26. The van der Waals surface area contributed by atoms with Gasteiger partial charge in [-0.2, -0.15) is 0 Å². The van der Waals surface area contributed by atoms with Crippen LogP contribution in [0.4, 0.5) is 0 Å². The summed E-state index contributed by atoms with van der Waals surface area (Å²) in [7, 11) is 0. The average Bonchev–Trinajstić information content (AvgIpc) is 3.10. The number of rotatable bonds is 40. The van der Waals surface area contributed by atoms with E-state index >= 15 is 0 Å². The van der Waals surface area contributed by atoms with Crippen molar-refractivity contribution in [1.82, 2.24) is 5.32 Å². The predicted octanol–water partition coefficient (Wildman–Crippen LogP) is 12.4. The Bertz CT molecular complexity index is 684. The van der Waals surface area contributed by atoms with Gasteiger partial charge >= 0.3 is 0 Å². The molecule has 0 aromatic rings. The molecular weight excluding hydrogens is 606 g/mol. The van der Waals surface area contributed by atoms with Crippen molar-refractivity contribution < 1.29 is 20.1 Å². The zero-order chi connectivity index (χ0) is 35.9. The van der Waals surface area contributed by atoms with Crippen LogP contribution in [0.5, 0.6) is 0 Å². The summed E-state index contributed by atoms with van der Waals surface area (Å²) in [6, 6.07) is -0.820. The summed E-state index contributed by atoms with van der Waals surface area (Å²) in [5.74, 6) is -0.151. The maximum Gasteiger partial charge on any atom is 0.220 e. The fraction of sp³-hybridized carbons (Fsp3) is 0.932. The van der Waals surface area contributed by atoms with E-state index in [-0.39, 0.29) is 12.5 Å². The first kappa shape index (κ1) is 48.1. The molecule has 0 aromatic carbocycles. The van der Waals surface area contributed by atoms with Crippen molar-refractivity contribution in [2.45, 2.75) is 257 Å². The fourth-order valence-corrected chi connectivity index (χ4v) is 6.93. The topological polar surface area (TPSA) is 89.8 Å². The van der Waals surface area contributed by atoms with Crippen LogP contribution in [0, 0.1) is 0 Å². The van der Waals surface area contributed by atoms with E-state index in [4.69, 9.17) is 0 Å². The van der Waals surface area contributed by atoms with Gasteiger partial charge in [0.15, 0.2) is 0 Å². The molecule has 0 saturated carbocycles. The van der Waals surface area contributed by atoms with Crippen LogP contribution in [0.2, 0.25) is 0 Å². The molecular formula is C44H87NO4. The summed E-state index contributed by atoms with van der Waals surface area (Å²) in [4.78, 5) is 12.4. The minimum Gasteiger partial charge on any atom is -0.394 e. The molecule has 5 heteroatoms. The van der Waals surface area contributed by atoms with Gasteiger partial charge in [-0.1, -0.05) is 206 Å². The minimum atomic E-state index is -1.15. The SMILES string of the molecule is CCCCCCCCC/C=C\CCC[C@@H](O)[C@@H](O)[C@H](CO)NC(=O)CCCCCCCCCCCCCCCCCCCCCCCCC.